The Balaban J connectivity index is 2.23. The lowest BCUT2D eigenvalue weighted by atomic mass is 10.2. The second kappa shape index (κ2) is 7.99. The standard InChI is InChI=1S/C14H20FN3O5S/c1-22-9-12(16)14(19)17-10-2-3-11(15)13(8-10)24(20,21)18-4-6-23-7-5-18/h2-3,8,12H,4-7,9,16H2,1H3,(H,17,19). The summed E-state index contributed by atoms with van der Waals surface area (Å²) in [6.45, 7) is 0.812. The van der Waals surface area contributed by atoms with Gasteiger partial charge in [-0.1, -0.05) is 0 Å². The van der Waals surface area contributed by atoms with Crippen LogP contribution in [0.5, 0.6) is 0 Å². The molecule has 0 aromatic heterocycles. The first-order valence-electron chi connectivity index (χ1n) is 7.29. The minimum absolute atomic E-state index is 0.00591. The van der Waals surface area contributed by atoms with Gasteiger partial charge in [0, 0.05) is 25.9 Å². The molecule has 10 heteroatoms. The average Bonchev–Trinajstić information content (AvgIpc) is 2.57. The third-order valence-electron chi connectivity index (χ3n) is 3.47. The number of nitrogens with one attached hydrogen (secondary N) is 1. The van der Waals surface area contributed by atoms with E-state index < -0.39 is 32.7 Å². The number of morpholine rings is 1. The molecule has 134 valence electrons. The van der Waals surface area contributed by atoms with E-state index in [2.05, 4.69) is 5.32 Å². The van der Waals surface area contributed by atoms with Crippen LogP contribution in [0.25, 0.3) is 0 Å². The Morgan fingerprint density at radius 2 is 2.12 bits per heavy atom. The van der Waals surface area contributed by atoms with Crippen molar-refractivity contribution in [2.45, 2.75) is 10.9 Å². The molecule has 1 unspecified atom stereocenters. The summed E-state index contributed by atoms with van der Waals surface area (Å²) in [5.41, 5.74) is 5.73. The highest BCUT2D eigenvalue weighted by molar-refractivity contribution is 7.89. The predicted molar refractivity (Wildman–Crippen MR) is 84.5 cm³/mol. The number of ether oxygens (including phenoxy) is 2. The molecule has 1 aromatic rings. The number of rotatable bonds is 6. The molecule has 1 amide bonds. The first-order valence-corrected chi connectivity index (χ1v) is 8.73. The van der Waals surface area contributed by atoms with Crippen molar-refractivity contribution in [3.8, 4) is 0 Å². The van der Waals surface area contributed by atoms with Crippen LogP contribution < -0.4 is 11.1 Å². The van der Waals surface area contributed by atoms with Gasteiger partial charge in [-0.2, -0.15) is 4.31 Å². The summed E-state index contributed by atoms with van der Waals surface area (Å²) in [5, 5.41) is 2.45. The quantitative estimate of drug-likeness (QED) is 0.723. The molecule has 2 rings (SSSR count). The Morgan fingerprint density at radius 1 is 1.46 bits per heavy atom. The number of carbonyl (C=O) groups is 1. The monoisotopic (exact) mass is 361 g/mol. The maximum absolute atomic E-state index is 14.0. The van der Waals surface area contributed by atoms with Crippen molar-refractivity contribution in [1.82, 2.24) is 4.31 Å². The number of sulfonamides is 1. The topological polar surface area (TPSA) is 111 Å². The number of hydrogen-bond acceptors (Lipinski definition) is 6. The van der Waals surface area contributed by atoms with E-state index in [0.29, 0.717) is 0 Å². The number of hydrogen-bond donors (Lipinski definition) is 2. The minimum Gasteiger partial charge on any atom is -0.383 e. The van der Waals surface area contributed by atoms with Crippen molar-refractivity contribution >= 4 is 21.6 Å². The fourth-order valence-corrected chi connectivity index (χ4v) is 3.69. The number of amides is 1. The molecule has 1 aromatic carbocycles. The number of nitrogens with zero attached hydrogens (tertiary/aromatic N) is 1. The molecule has 0 saturated carbocycles. The van der Waals surface area contributed by atoms with Crippen LogP contribution in [0.2, 0.25) is 0 Å². The Labute approximate surface area is 139 Å². The van der Waals surface area contributed by atoms with Crippen molar-refractivity contribution in [3.05, 3.63) is 24.0 Å². The van der Waals surface area contributed by atoms with E-state index in [1.54, 1.807) is 0 Å². The van der Waals surface area contributed by atoms with E-state index in [4.69, 9.17) is 15.2 Å². The number of nitrogens with two attached hydrogens (primary N) is 1. The third-order valence-corrected chi connectivity index (χ3v) is 5.38. The molecule has 8 nitrogen and oxygen atoms in total. The summed E-state index contributed by atoms with van der Waals surface area (Å²) in [7, 11) is -2.61. The molecular formula is C14H20FN3O5S. The van der Waals surface area contributed by atoms with Gasteiger partial charge in [0.1, 0.15) is 16.8 Å². The van der Waals surface area contributed by atoms with Crippen LogP contribution in [0.3, 0.4) is 0 Å². The molecule has 1 atom stereocenters. The van der Waals surface area contributed by atoms with E-state index in [1.807, 2.05) is 0 Å². The van der Waals surface area contributed by atoms with Crippen molar-refractivity contribution in [2.75, 3.05) is 45.3 Å². The van der Waals surface area contributed by atoms with E-state index in [9.17, 15) is 17.6 Å². The molecule has 24 heavy (non-hydrogen) atoms. The zero-order valence-electron chi connectivity index (χ0n) is 13.2. The van der Waals surface area contributed by atoms with Gasteiger partial charge in [-0.3, -0.25) is 4.79 Å². The second-order valence-electron chi connectivity index (χ2n) is 5.21. The molecule has 3 N–H and O–H groups in total. The summed E-state index contributed by atoms with van der Waals surface area (Å²) in [6.07, 6.45) is 0. The van der Waals surface area contributed by atoms with Crippen LogP contribution in [0, 0.1) is 5.82 Å². The van der Waals surface area contributed by atoms with E-state index in [0.717, 1.165) is 16.4 Å². The zero-order valence-corrected chi connectivity index (χ0v) is 14.0. The Kier molecular flexibility index (Phi) is 6.24. The number of carbonyl (C=O) groups excluding carboxylic acids is 1. The van der Waals surface area contributed by atoms with Gasteiger partial charge in [-0.25, -0.2) is 12.8 Å². The molecule has 0 spiro atoms. The van der Waals surface area contributed by atoms with Gasteiger partial charge in [0.15, 0.2) is 0 Å². The third kappa shape index (κ3) is 4.28. The zero-order chi connectivity index (χ0) is 17.7. The van der Waals surface area contributed by atoms with E-state index in [1.165, 1.54) is 13.2 Å². The first-order chi connectivity index (χ1) is 11.4. The summed E-state index contributed by atoms with van der Waals surface area (Å²) in [5.74, 6) is -1.45. The van der Waals surface area contributed by atoms with Crippen LogP contribution in [0.15, 0.2) is 23.1 Å². The van der Waals surface area contributed by atoms with E-state index in [-0.39, 0.29) is 38.6 Å². The summed E-state index contributed by atoms with van der Waals surface area (Å²) in [6, 6.07) is 2.42. The highest BCUT2D eigenvalue weighted by Gasteiger charge is 2.29. The average molecular weight is 361 g/mol. The van der Waals surface area contributed by atoms with E-state index >= 15 is 0 Å². The molecule has 1 saturated heterocycles. The Hall–Kier alpha value is -1.59. The van der Waals surface area contributed by atoms with Gasteiger partial charge in [0.25, 0.3) is 0 Å². The molecule has 1 aliphatic rings. The predicted octanol–water partition coefficient (Wildman–Crippen LogP) is -0.241. The SMILES string of the molecule is COCC(N)C(=O)Nc1ccc(F)c(S(=O)(=O)N2CCOCC2)c1. The van der Waals surface area contributed by atoms with Crippen molar-refractivity contribution in [2.24, 2.45) is 5.73 Å². The fraction of sp³-hybridized carbons (Fsp3) is 0.500. The van der Waals surface area contributed by atoms with Crippen LogP contribution in [-0.4, -0.2) is 64.7 Å². The highest BCUT2D eigenvalue weighted by Crippen LogP contribution is 2.24. The largest absolute Gasteiger partial charge is 0.383 e. The van der Waals surface area contributed by atoms with Crippen molar-refractivity contribution in [3.63, 3.8) is 0 Å². The van der Waals surface area contributed by atoms with Gasteiger partial charge >= 0.3 is 0 Å². The van der Waals surface area contributed by atoms with Gasteiger partial charge < -0.3 is 20.5 Å². The van der Waals surface area contributed by atoms with Gasteiger partial charge in [-0.05, 0) is 18.2 Å². The van der Waals surface area contributed by atoms with Gasteiger partial charge in [0.05, 0.1) is 19.8 Å². The van der Waals surface area contributed by atoms with Crippen LogP contribution >= 0.6 is 0 Å². The molecular weight excluding hydrogens is 341 g/mol. The van der Waals surface area contributed by atoms with Crippen molar-refractivity contribution < 1.29 is 27.1 Å². The minimum atomic E-state index is -4.01. The maximum Gasteiger partial charge on any atom is 0.246 e. The van der Waals surface area contributed by atoms with Crippen molar-refractivity contribution in [1.29, 1.82) is 0 Å². The lowest BCUT2D eigenvalue weighted by Crippen LogP contribution is -2.41. The summed E-state index contributed by atoms with van der Waals surface area (Å²) < 4.78 is 50.2. The molecule has 1 aliphatic heterocycles. The maximum atomic E-state index is 14.0. The first kappa shape index (κ1) is 18.7. The lowest BCUT2D eigenvalue weighted by Gasteiger charge is -2.26. The van der Waals surface area contributed by atoms with Crippen LogP contribution in [-0.2, 0) is 24.3 Å². The van der Waals surface area contributed by atoms with Crippen LogP contribution in [0.1, 0.15) is 0 Å². The number of benzene rings is 1. The number of methoxy groups -OCH3 is 1. The second-order valence-corrected chi connectivity index (χ2v) is 7.12. The molecule has 0 bridgehead atoms. The van der Waals surface area contributed by atoms with Gasteiger partial charge in [-0.15, -0.1) is 0 Å². The Morgan fingerprint density at radius 3 is 2.75 bits per heavy atom. The Bertz CT molecular complexity index is 692. The summed E-state index contributed by atoms with van der Waals surface area (Å²) in [4.78, 5) is 11.4. The number of halogens is 1. The molecule has 0 radical (unpaired) electrons. The number of anilines is 1. The molecule has 1 fully saturated rings. The molecule has 1 heterocycles. The smallest absolute Gasteiger partial charge is 0.246 e. The lowest BCUT2D eigenvalue weighted by molar-refractivity contribution is -0.118. The van der Waals surface area contributed by atoms with Crippen LogP contribution in [0.4, 0.5) is 10.1 Å². The normalized spacial score (nSPS) is 17.5. The molecule has 0 aliphatic carbocycles. The highest BCUT2D eigenvalue weighted by atomic mass is 32.2. The summed E-state index contributed by atoms with van der Waals surface area (Å²) >= 11 is 0. The fourth-order valence-electron chi connectivity index (χ4n) is 2.20. The van der Waals surface area contributed by atoms with Gasteiger partial charge in [0.2, 0.25) is 15.9 Å².